The monoisotopic (exact) mass is 620 g/mol. The molecule has 0 aliphatic carbocycles. The zero-order valence-electron chi connectivity index (χ0n) is 21.9. The highest BCUT2D eigenvalue weighted by Gasteiger charge is 2.48. The average Bonchev–Trinajstić information content (AvgIpc) is 3.21. The molecule has 3 atom stereocenters. The van der Waals surface area contributed by atoms with Crippen molar-refractivity contribution in [2.75, 3.05) is 0 Å². The van der Waals surface area contributed by atoms with Gasteiger partial charge in [0, 0.05) is 37.7 Å². The van der Waals surface area contributed by atoms with E-state index in [1.54, 1.807) is 0 Å². The summed E-state index contributed by atoms with van der Waals surface area (Å²) in [6.45, 7) is 1.85. The lowest BCUT2D eigenvalue weighted by Gasteiger charge is -2.27. The van der Waals surface area contributed by atoms with Crippen molar-refractivity contribution in [3.05, 3.63) is 66.1 Å². The number of rotatable bonds is 9. The van der Waals surface area contributed by atoms with E-state index in [1.165, 1.54) is 6.92 Å². The number of halogens is 7. The van der Waals surface area contributed by atoms with Gasteiger partial charge in [-0.2, -0.15) is 13.1 Å². The van der Waals surface area contributed by atoms with Gasteiger partial charge in [-0.25, -0.2) is 27.2 Å². The molecule has 0 N–H and O–H groups in total. The standard InChI is InChI=1S/C26H23F7N4O4S/c1-14-19(28)10-21(37(14)42(39,40)18-6-4-17(27)5-7-18)22(38)8-3-15-9-20(34-13-23(15)41-26(31,32)33)16-11-35-24(36-12-16)25(2,29)30/h4-7,9,11-14,19,21H,3,8,10H2,1-2H3/t14-,19+,21-/m0/s1. The summed E-state index contributed by atoms with van der Waals surface area (Å²) in [4.78, 5) is 23.8. The summed E-state index contributed by atoms with van der Waals surface area (Å²) in [5.41, 5.74) is -0.112. The van der Waals surface area contributed by atoms with Crippen LogP contribution in [-0.2, 0) is 27.2 Å². The largest absolute Gasteiger partial charge is 0.573 e. The number of benzene rings is 1. The number of ether oxygens (including phenoxy) is 1. The first-order valence-electron chi connectivity index (χ1n) is 12.4. The van der Waals surface area contributed by atoms with E-state index in [2.05, 4.69) is 19.7 Å². The molecule has 0 amide bonds. The number of pyridine rings is 1. The van der Waals surface area contributed by atoms with Gasteiger partial charge in [-0.15, -0.1) is 13.2 Å². The van der Waals surface area contributed by atoms with Crippen molar-refractivity contribution in [2.24, 2.45) is 0 Å². The van der Waals surface area contributed by atoms with Crippen molar-refractivity contribution in [3.8, 4) is 17.0 Å². The Morgan fingerprint density at radius 3 is 2.24 bits per heavy atom. The highest BCUT2D eigenvalue weighted by atomic mass is 32.2. The molecule has 1 aromatic carbocycles. The molecule has 0 saturated carbocycles. The van der Waals surface area contributed by atoms with Crippen molar-refractivity contribution < 1.29 is 48.7 Å². The van der Waals surface area contributed by atoms with Crippen LogP contribution in [0.15, 0.2) is 53.8 Å². The Hall–Kier alpha value is -3.66. The third-order valence-corrected chi connectivity index (χ3v) is 8.61. The second-order valence-corrected chi connectivity index (χ2v) is 11.5. The highest BCUT2D eigenvalue weighted by molar-refractivity contribution is 7.89. The van der Waals surface area contributed by atoms with E-state index in [4.69, 9.17) is 0 Å². The zero-order valence-corrected chi connectivity index (χ0v) is 22.8. The lowest BCUT2D eigenvalue weighted by atomic mass is 10.0. The third kappa shape index (κ3) is 6.86. The molecule has 4 rings (SSSR count). The van der Waals surface area contributed by atoms with Crippen LogP contribution in [0.5, 0.6) is 5.75 Å². The minimum absolute atomic E-state index is 0.0169. The molecule has 3 heterocycles. The molecule has 0 spiro atoms. The van der Waals surface area contributed by atoms with Crippen LogP contribution >= 0.6 is 0 Å². The first-order valence-corrected chi connectivity index (χ1v) is 13.8. The second-order valence-electron chi connectivity index (χ2n) is 9.67. The minimum Gasteiger partial charge on any atom is -0.404 e. The van der Waals surface area contributed by atoms with Crippen molar-refractivity contribution in [3.63, 3.8) is 0 Å². The predicted octanol–water partition coefficient (Wildman–Crippen LogP) is 5.38. The number of sulfonamides is 1. The van der Waals surface area contributed by atoms with Gasteiger partial charge in [0.2, 0.25) is 10.0 Å². The van der Waals surface area contributed by atoms with E-state index >= 15 is 0 Å². The minimum atomic E-state index is -5.12. The average molecular weight is 621 g/mol. The highest BCUT2D eigenvalue weighted by Crippen LogP contribution is 2.35. The lowest BCUT2D eigenvalue weighted by molar-refractivity contribution is -0.275. The molecule has 1 fully saturated rings. The maximum absolute atomic E-state index is 14.7. The fourth-order valence-electron chi connectivity index (χ4n) is 4.51. The number of alkyl halides is 6. The van der Waals surface area contributed by atoms with E-state index in [0.29, 0.717) is 11.2 Å². The molecule has 1 aliphatic heterocycles. The molecule has 3 aromatic rings. The van der Waals surface area contributed by atoms with Crippen LogP contribution in [0, 0.1) is 5.82 Å². The van der Waals surface area contributed by atoms with E-state index in [-0.39, 0.29) is 21.7 Å². The summed E-state index contributed by atoms with van der Waals surface area (Å²) in [6, 6.07) is 2.14. The van der Waals surface area contributed by atoms with Crippen LogP contribution in [0.2, 0.25) is 0 Å². The van der Waals surface area contributed by atoms with Gasteiger partial charge in [0.1, 0.15) is 12.0 Å². The van der Waals surface area contributed by atoms with Gasteiger partial charge < -0.3 is 4.74 Å². The van der Waals surface area contributed by atoms with E-state index < -0.39 is 83.0 Å². The maximum Gasteiger partial charge on any atom is 0.573 e. The number of carbonyl (C=O) groups is 1. The van der Waals surface area contributed by atoms with Crippen molar-refractivity contribution in [1.82, 2.24) is 19.3 Å². The molecule has 1 saturated heterocycles. The Balaban J connectivity index is 1.61. The molecule has 0 radical (unpaired) electrons. The normalized spacial score (nSPS) is 20.1. The smallest absolute Gasteiger partial charge is 0.404 e. The fraction of sp³-hybridized carbons (Fsp3) is 0.385. The number of carbonyl (C=O) groups excluding carboxylic acids is 1. The number of hydrogen-bond donors (Lipinski definition) is 0. The van der Waals surface area contributed by atoms with Gasteiger partial charge in [0.05, 0.1) is 28.9 Å². The van der Waals surface area contributed by atoms with Crippen LogP contribution < -0.4 is 4.74 Å². The SMILES string of the molecule is C[C@H]1[C@H](F)C[C@@H](C(=O)CCc2cc(-c3cnc(C(C)(F)F)nc3)ncc2OC(F)(F)F)N1S(=O)(=O)c1ccc(F)cc1. The third-order valence-electron chi connectivity index (χ3n) is 6.60. The summed E-state index contributed by atoms with van der Waals surface area (Å²) in [5, 5.41) is 0. The van der Waals surface area contributed by atoms with Gasteiger partial charge in [-0.3, -0.25) is 9.78 Å². The number of aryl methyl sites for hydroxylation is 1. The van der Waals surface area contributed by atoms with E-state index in [0.717, 1.165) is 48.9 Å². The van der Waals surface area contributed by atoms with Crippen LogP contribution in [0.4, 0.5) is 30.7 Å². The zero-order chi connectivity index (χ0) is 31.0. The summed E-state index contributed by atoms with van der Waals surface area (Å²) >= 11 is 0. The van der Waals surface area contributed by atoms with Crippen LogP contribution in [0.1, 0.15) is 38.1 Å². The number of ketones is 1. The summed E-state index contributed by atoms with van der Waals surface area (Å²) in [7, 11) is -4.45. The van der Waals surface area contributed by atoms with Gasteiger partial charge in [0.15, 0.2) is 17.4 Å². The molecule has 16 heteroatoms. The Kier molecular flexibility index (Phi) is 8.60. The van der Waals surface area contributed by atoms with Crippen LogP contribution in [-0.4, -0.2) is 58.1 Å². The summed E-state index contributed by atoms with van der Waals surface area (Å²) in [6.07, 6.45) is -5.52. The Bertz CT molecular complexity index is 1550. The van der Waals surface area contributed by atoms with Gasteiger partial charge in [-0.05, 0) is 49.2 Å². The molecule has 42 heavy (non-hydrogen) atoms. The van der Waals surface area contributed by atoms with Crippen LogP contribution in [0.25, 0.3) is 11.3 Å². The van der Waals surface area contributed by atoms with Gasteiger partial charge >= 0.3 is 12.3 Å². The fourth-order valence-corrected chi connectivity index (χ4v) is 6.34. The first kappa shape index (κ1) is 31.3. The number of nitrogens with zero attached hydrogens (tertiary/aromatic N) is 4. The first-order chi connectivity index (χ1) is 19.5. The maximum atomic E-state index is 14.7. The lowest BCUT2D eigenvalue weighted by Crippen LogP contribution is -2.44. The van der Waals surface area contributed by atoms with Crippen molar-refractivity contribution in [1.29, 1.82) is 0 Å². The Morgan fingerprint density at radius 2 is 1.67 bits per heavy atom. The molecular formula is C26H23F7N4O4S. The molecule has 0 bridgehead atoms. The van der Waals surface area contributed by atoms with Crippen molar-refractivity contribution in [2.45, 2.75) is 68.5 Å². The quantitative estimate of drug-likeness (QED) is 0.296. The van der Waals surface area contributed by atoms with E-state index in [9.17, 15) is 43.9 Å². The number of aromatic nitrogens is 3. The Morgan fingerprint density at radius 1 is 1.05 bits per heavy atom. The summed E-state index contributed by atoms with van der Waals surface area (Å²) in [5.74, 6) is -6.36. The second kappa shape index (κ2) is 11.6. The van der Waals surface area contributed by atoms with Gasteiger partial charge in [-0.1, -0.05) is 0 Å². The molecule has 8 nitrogen and oxygen atoms in total. The number of Topliss-reactive ketones (excluding diaryl/α,β-unsaturated/α-hetero) is 1. The molecular weight excluding hydrogens is 597 g/mol. The molecule has 226 valence electrons. The Labute approximate surface area is 235 Å². The topological polar surface area (TPSA) is 102 Å². The number of hydrogen-bond acceptors (Lipinski definition) is 7. The molecule has 1 aliphatic rings. The molecule has 0 unspecified atom stereocenters. The summed E-state index contributed by atoms with van der Waals surface area (Å²) < 4.78 is 125. The predicted molar refractivity (Wildman–Crippen MR) is 133 cm³/mol. The van der Waals surface area contributed by atoms with Crippen molar-refractivity contribution >= 4 is 15.8 Å². The molecule has 2 aromatic heterocycles. The van der Waals surface area contributed by atoms with E-state index in [1.807, 2.05) is 0 Å². The van der Waals surface area contributed by atoms with Crippen LogP contribution in [0.3, 0.4) is 0 Å². The van der Waals surface area contributed by atoms with Gasteiger partial charge in [0.25, 0.3) is 0 Å².